The number of rotatable bonds is 4. The molecule has 0 amide bonds. The minimum atomic E-state index is -0.706. The molecule has 0 spiro atoms. The van der Waals surface area contributed by atoms with Crippen LogP contribution in [-0.2, 0) is 11.8 Å². The molecule has 1 aromatic carbocycles. The molecule has 25 heavy (non-hydrogen) atoms. The SMILES string of the molecule is CCOC(=O)c1coc(-c2ccc(C)cc2)c(-c2nccn2C)c1=O. The minimum absolute atomic E-state index is 0.143. The Hall–Kier alpha value is -3.15. The molecular weight excluding hydrogens is 320 g/mol. The van der Waals surface area contributed by atoms with Crippen LogP contribution < -0.4 is 5.43 Å². The van der Waals surface area contributed by atoms with E-state index in [9.17, 15) is 9.59 Å². The van der Waals surface area contributed by atoms with Crippen molar-refractivity contribution in [2.45, 2.75) is 13.8 Å². The van der Waals surface area contributed by atoms with E-state index in [-0.39, 0.29) is 17.7 Å². The molecule has 0 aliphatic heterocycles. The molecule has 0 fully saturated rings. The Bertz CT molecular complexity index is 968. The molecule has 0 aliphatic carbocycles. The summed E-state index contributed by atoms with van der Waals surface area (Å²) >= 11 is 0. The van der Waals surface area contributed by atoms with Crippen molar-refractivity contribution in [1.29, 1.82) is 0 Å². The summed E-state index contributed by atoms with van der Waals surface area (Å²) in [4.78, 5) is 29.3. The van der Waals surface area contributed by atoms with Gasteiger partial charge in [0.1, 0.15) is 29.0 Å². The van der Waals surface area contributed by atoms with Gasteiger partial charge in [0.2, 0.25) is 5.43 Å². The number of carbonyl (C=O) groups excluding carboxylic acids is 1. The van der Waals surface area contributed by atoms with Crippen LogP contribution in [0.5, 0.6) is 0 Å². The molecule has 0 bridgehead atoms. The second-order valence-electron chi connectivity index (χ2n) is 5.63. The fraction of sp³-hybridized carbons (Fsp3) is 0.211. The number of carbonyl (C=O) groups is 1. The van der Waals surface area contributed by atoms with Crippen LogP contribution in [0.25, 0.3) is 22.7 Å². The number of benzene rings is 1. The largest absolute Gasteiger partial charge is 0.462 e. The Balaban J connectivity index is 2.27. The van der Waals surface area contributed by atoms with Crippen molar-refractivity contribution in [3.05, 3.63) is 64.3 Å². The highest BCUT2D eigenvalue weighted by atomic mass is 16.5. The van der Waals surface area contributed by atoms with Crippen molar-refractivity contribution in [3.8, 4) is 22.7 Å². The molecule has 128 valence electrons. The van der Waals surface area contributed by atoms with Crippen LogP contribution >= 0.6 is 0 Å². The Morgan fingerprint density at radius 2 is 2.00 bits per heavy atom. The number of aryl methyl sites for hydroxylation is 2. The summed E-state index contributed by atoms with van der Waals surface area (Å²) < 4.78 is 12.3. The summed E-state index contributed by atoms with van der Waals surface area (Å²) in [5.41, 5.74) is 1.45. The Labute approximate surface area is 144 Å². The molecule has 6 nitrogen and oxygen atoms in total. The summed E-state index contributed by atoms with van der Waals surface area (Å²) in [7, 11) is 1.78. The molecule has 0 atom stereocenters. The molecular formula is C19H18N2O4. The maximum Gasteiger partial charge on any atom is 0.345 e. The van der Waals surface area contributed by atoms with Gasteiger partial charge >= 0.3 is 5.97 Å². The summed E-state index contributed by atoms with van der Waals surface area (Å²) in [6.07, 6.45) is 4.47. The van der Waals surface area contributed by atoms with Crippen LogP contribution in [0.2, 0.25) is 0 Å². The van der Waals surface area contributed by atoms with Crippen LogP contribution in [-0.4, -0.2) is 22.1 Å². The van der Waals surface area contributed by atoms with E-state index in [2.05, 4.69) is 4.98 Å². The van der Waals surface area contributed by atoms with Crippen LogP contribution in [0.15, 0.2) is 52.1 Å². The quantitative estimate of drug-likeness (QED) is 0.683. The number of aromatic nitrogens is 2. The Kier molecular flexibility index (Phi) is 4.52. The van der Waals surface area contributed by atoms with E-state index in [1.807, 2.05) is 31.2 Å². The first kappa shape index (κ1) is 16.7. The van der Waals surface area contributed by atoms with Crippen LogP contribution in [0, 0.1) is 6.92 Å². The number of hydrogen-bond acceptors (Lipinski definition) is 5. The van der Waals surface area contributed by atoms with Gasteiger partial charge in [-0.3, -0.25) is 4.79 Å². The van der Waals surface area contributed by atoms with E-state index >= 15 is 0 Å². The fourth-order valence-electron chi connectivity index (χ4n) is 2.54. The van der Waals surface area contributed by atoms with Gasteiger partial charge in [-0.15, -0.1) is 0 Å². The number of ether oxygens (including phenoxy) is 1. The molecule has 0 saturated carbocycles. The van der Waals surface area contributed by atoms with Gasteiger partial charge in [-0.05, 0) is 13.8 Å². The molecule has 2 aromatic heterocycles. The van der Waals surface area contributed by atoms with E-state index < -0.39 is 11.4 Å². The third kappa shape index (κ3) is 3.10. The third-order valence-corrected chi connectivity index (χ3v) is 3.85. The first-order valence-electron chi connectivity index (χ1n) is 7.90. The summed E-state index contributed by atoms with van der Waals surface area (Å²) in [5.74, 6) is 0.0880. The van der Waals surface area contributed by atoms with Gasteiger partial charge in [0, 0.05) is 25.0 Å². The second-order valence-corrected chi connectivity index (χ2v) is 5.63. The van der Waals surface area contributed by atoms with Crippen molar-refractivity contribution in [1.82, 2.24) is 9.55 Å². The summed E-state index contributed by atoms with van der Waals surface area (Å²) in [6, 6.07) is 7.59. The standard InChI is InChI=1S/C19H18N2O4/c1-4-24-19(23)14-11-25-17(13-7-5-12(2)6-8-13)15(16(14)22)18-20-9-10-21(18)3/h5-11H,4H2,1-3H3. The van der Waals surface area contributed by atoms with Gasteiger partial charge in [0.25, 0.3) is 0 Å². The van der Waals surface area contributed by atoms with E-state index in [0.29, 0.717) is 11.6 Å². The summed E-state index contributed by atoms with van der Waals surface area (Å²) in [5, 5.41) is 0. The molecule has 2 heterocycles. The van der Waals surface area contributed by atoms with Crippen molar-refractivity contribution >= 4 is 5.97 Å². The highest BCUT2D eigenvalue weighted by molar-refractivity contribution is 5.91. The third-order valence-electron chi connectivity index (χ3n) is 3.85. The number of hydrogen-bond donors (Lipinski definition) is 0. The zero-order valence-corrected chi connectivity index (χ0v) is 14.3. The second kappa shape index (κ2) is 6.76. The molecule has 0 saturated heterocycles. The highest BCUT2D eigenvalue weighted by Crippen LogP contribution is 2.29. The minimum Gasteiger partial charge on any atom is -0.462 e. The Morgan fingerprint density at radius 3 is 2.60 bits per heavy atom. The first-order chi connectivity index (χ1) is 12.0. The van der Waals surface area contributed by atoms with E-state index in [1.165, 1.54) is 0 Å². The van der Waals surface area contributed by atoms with Gasteiger partial charge in [0.15, 0.2) is 0 Å². The van der Waals surface area contributed by atoms with Gasteiger partial charge in [0.05, 0.1) is 6.61 Å². The molecule has 3 aromatic rings. The van der Waals surface area contributed by atoms with Crippen LogP contribution in [0.1, 0.15) is 22.8 Å². The lowest BCUT2D eigenvalue weighted by atomic mass is 10.0. The normalized spacial score (nSPS) is 10.7. The van der Waals surface area contributed by atoms with Crippen molar-refractivity contribution < 1.29 is 13.9 Å². The lowest BCUT2D eigenvalue weighted by Crippen LogP contribution is -2.20. The highest BCUT2D eigenvalue weighted by Gasteiger charge is 2.24. The molecule has 0 radical (unpaired) electrons. The lowest BCUT2D eigenvalue weighted by Gasteiger charge is -2.10. The Morgan fingerprint density at radius 1 is 1.28 bits per heavy atom. The average molecular weight is 338 g/mol. The predicted molar refractivity (Wildman–Crippen MR) is 93.3 cm³/mol. The zero-order valence-electron chi connectivity index (χ0n) is 14.3. The number of esters is 1. The monoisotopic (exact) mass is 338 g/mol. The van der Waals surface area contributed by atoms with Gasteiger partial charge in [-0.2, -0.15) is 0 Å². The first-order valence-corrected chi connectivity index (χ1v) is 7.90. The van der Waals surface area contributed by atoms with E-state index in [1.54, 1.807) is 30.9 Å². The van der Waals surface area contributed by atoms with E-state index in [0.717, 1.165) is 17.4 Å². The van der Waals surface area contributed by atoms with Crippen LogP contribution in [0.4, 0.5) is 0 Å². The molecule has 0 aliphatic rings. The molecule has 3 rings (SSSR count). The van der Waals surface area contributed by atoms with Crippen molar-refractivity contribution in [2.75, 3.05) is 6.61 Å². The number of imidazole rings is 1. The van der Waals surface area contributed by atoms with E-state index in [4.69, 9.17) is 9.15 Å². The maximum absolute atomic E-state index is 13.0. The topological polar surface area (TPSA) is 74.3 Å². The van der Waals surface area contributed by atoms with Crippen LogP contribution in [0.3, 0.4) is 0 Å². The molecule has 0 N–H and O–H groups in total. The average Bonchev–Trinajstić information content (AvgIpc) is 3.01. The van der Waals surface area contributed by atoms with Gasteiger partial charge in [-0.25, -0.2) is 9.78 Å². The number of nitrogens with zero attached hydrogens (tertiary/aromatic N) is 2. The zero-order chi connectivity index (χ0) is 18.0. The molecule has 0 unspecified atom stereocenters. The molecule has 6 heteroatoms. The lowest BCUT2D eigenvalue weighted by molar-refractivity contribution is 0.0522. The van der Waals surface area contributed by atoms with Crippen molar-refractivity contribution in [3.63, 3.8) is 0 Å². The van der Waals surface area contributed by atoms with Gasteiger partial charge < -0.3 is 13.7 Å². The van der Waals surface area contributed by atoms with Gasteiger partial charge in [-0.1, -0.05) is 29.8 Å². The van der Waals surface area contributed by atoms with Crippen molar-refractivity contribution in [2.24, 2.45) is 7.05 Å². The smallest absolute Gasteiger partial charge is 0.345 e. The summed E-state index contributed by atoms with van der Waals surface area (Å²) in [6.45, 7) is 3.83. The maximum atomic E-state index is 13.0. The fourth-order valence-corrected chi connectivity index (χ4v) is 2.54. The predicted octanol–water partition coefficient (Wildman–Crippen LogP) is 3.19.